The van der Waals surface area contributed by atoms with Gasteiger partial charge in [0.2, 0.25) is 0 Å². The number of hydrogen-bond acceptors (Lipinski definition) is 7. The van der Waals surface area contributed by atoms with Crippen molar-refractivity contribution in [3.05, 3.63) is 24.4 Å². The molecule has 1 aliphatic carbocycles. The number of ether oxygens (including phenoxy) is 2. The van der Waals surface area contributed by atoms with Gasteiger partial charge in [0.25, 0.3) is 0 Å². The van der Waals surface area contributed by atoms with Gasteiger partial charge in [0, 0.05) is 24.8 Å². The van der Waals surface area contributed by atoms with Crippen LogP contribution in [0.15, 0.2) is 28.6 Å². The lowest BCUT2D eigenvalue weighted by Crippen LogP contribution is -2.46. The summed E-state index contributed by atoms with van der Waals surface area (Å²) in [6.07, 6.45) is 1.32. The number of carboxylic acid groups (broad SMARTS) is 1. The predicted octanol–water partition coefficient (Wildman–Crippen LogP) is 4.65. The third kappa shape index (κ3) is 4.69. The second kappa shape index (κ2) is 8.50. The first-order valence-corrected chi connectivity index (χ1v) is 11.3. The van der Waals surface area contributed by atoms with E-state index in [0.29, 0.717) is 15.0 Å². The van der Waals surface area contributed by atoms with Crippen molar-refractivity contribution in [3.63, 3.8) is 0 Å². The van der Waals surface area contributed by atoms with Crippen LogP contribution in [-0.4, -0.2) is 47.2 Å². The smallest absolute Gasteiger partial charge is 0.481 e. The normalized spacial score (nSPS) is 17.0. The quantitative estimate of drug-likeness (QED) is 0.613. The molecule has 0 radical (unpaired) electrons. The number of rotatable bonds is 6. The van der Waals surface area contributed by atoms with Gasteiger partial charge in [-0.2, -0.15) is 0 Å². The highest BCUT2D eigenvalue weighted by molar-refractivity contribution is 8.01. The van der Waals surface area contributed by atoms with Crippen LogP contribution in [0.3, 0.4) is 0 Å². The molecular weight excluding hydrogens is 452 g/mol. The maximum absolute atomic E-state index is 13.4. The number of benzene rings is 1. The number of fused-ring (bicyclic) bond motifs is 1. The lowest BCUT2D eigenvalue weighted by molar-refractivity contribution is -0.286. The number of anilines is 2. The zero-order valence-corrected chi connectivity index (χ0v) is 18.0. The van der Waals surface area contributed by atoms with E-state index in [9.17, 15) is 18.4 Å². The molecule has 2 aromatic rings. The number of urea groups is 1. The van der Waals surface area contributed by atoms with Crippen molar-refractivity contribution in [1.82, 2.24) is 4.98 Å². The summed E-state index contributed by atoms with van der Waals surface area (Å²) in [4.78, 5) is 31.4. The van der Waals surface area contributed by atoms with Crippen molar-refractivity contribution in [2.45, 2.75) is 42.2 Å². The summed E-state index contributed by atoms with van der Waals surface area (Å²) in [5, 5.41) is 9.23. The van der Waals surface area contributed by atoms with Gasteiger partial charge < -0.3 is 14.6 Å². The fraction of sp³-hybridized carbons (Fsp3) is 0.421. The fourth-order valence-corrected chi connectivity index (χ4v) is 5.21. The second-order valence-corrected chi connectivity index (χ2v) is 9.38. The number of carboxylic acids is 1. The number of alkyl halides is 2. The summed E-state index contributed by atoms with van der Waals surface area (Å²) in [5.41, 5.74) is 0.431. The van der Waals surface area contributed by atoms with Crippen LogP contribution in [0, 0.1) is 0 Å². The average Bonchev–Trinajstić information content (AvgIpc) is 3.44. The number of aliphatic carboxylic acids is 1. The Labute approximate surface area is 184 Å². The van der Waals surface area contributed by atoms with E-state index < -0.39 is 12.3 Å². The monoisotopic (exact) mass is 471 g/mol. The molecule has 0 spiro atoms. The fourth-order valence-electron chi connectivity index (χ4n) is 3.58. The summed E-state index contributed by atoms with van der Waals surface area (Å²) in [6, 6.07) is 3.86. The molecule has 0 unspecified atom stereocenters. The molecule has 0 atom stereocenters. The van der Waals surface area contributed by atoms with Gasteiger partial charge in [-0.25, -0.2) is 9.78 Å². The van der Waals surface area contributed by atoms with Crippen molar-refractivity contribution in [1.29, 1.82) is 0 Å². The van der Waals surface area contributed by atoms with Crippen LogP contribution in [-0.2, 0) is 4.79 Å². The van der Waals surface area contributed by atoms with Crippen LogP contribution in [0.1, 0.15) is 25.7 Å². The van der Waals surface area contributed by atoms with Crippen LogP contribution in [0.5, 0.6) is 11.5 Å². The minimum Gasteiger partial charge on any atom is -0.481 e. The number of aromatic nitrogens is 1. The summed E-state index contributed by atoms with van der Waals surface area (Å²) >= 11 is 2.33. The van der Waals surface area contributed by atoms with Gasteiger partial charge in [0.05, 0.1) is 16.2 Å². The Morgan fingerprint density at radius 1 is 1.29 bits per heavy atom. The van der Waals surface area contributed by atoms with Gasteiger partial charge in [0.15, 0.2) is 16.6 Å². The molecule has 1 aromatic heterocycles. The molecule has 1 aromatic carbocycles. The number of amides is 2. The SMILES string of the molecule is CN(C(=O)N(c1ccc2c(c1)OC(F)(F)O2)C1CCCC1)c1ncc(SCC(=O)O)s1. The third-order valence-corrected chi connectivity index (χ3v) is 7.20. The molecule has 1 saturated carbocycles. The Kier molecular flexibility index (Phi) is 5.93. The van der Waals surface area contributed by atoms with Crippen molar-refractivity contribution < 1.29 is 33.0 Å². The minimum absolute atomic E-state index is 0.0825. The van der Waals surface area contributed by atoms with E-state index in [0.717, 1.165) is 37.4 Å². The lowest BCUT2D eigenvalue weighted by atomic mass is 10.1. The highest BCUT2D eigenvalue weighted by Crippen LogP contribution is 2.44. The van der Waals surface area contributed by atoms with Gasteiger partial charge in [-0.1, -0.05) is 24.2 Å². The van der Waals surface area contributed by atoms with Gasteiger partial charge in [-0.05, 0) is 25.0 Å². The van der Waals surface area contributed by atoms with E-state index in [1.807, 2.05) is 0 Å². The molecule has 166 valence electrons. The van der Waals surface area contributed by atoms with Crippen molar-refractivity contribution in [2.24, 2.45) is 0 Å². The molecular formula is C19H19F2N3O5S2. The Balaban J connectivity index is 1.58. The number of thioether (sulfide) groups is 1. The molecule has 0 bridgehead atoms. The molecule has 2 heterocycles. The van der Waals surface area contributed by atoms with E-state index in [1.165, 1.54) is 34.6 Å². The number of nitrogens with zero attached hydrogens (tertiary/aromatic N) is 3. The minimum atomic E-state index is -3.73. The van der Waals surface area contributed by atoms with Crippen LogP contribution in [0.25, 0.3) is 0 Å². The number of hydrogen-bond donors (Lipinski definition) is 1. The second-order valence-electron chi connectivity index (χ2n) is 7.09. The maximum atomic E-state index is 13.4. The number of halogens is 2. The third-order valence-electron chi connectivity index (χ3n) is 4.94. The number of carbonyl (C=O) groups excluding carboxylic acids is 1. The molecule has 1 fully saturated rings. The van der Waals surface area contributed by atoms with Crippen LogP contribution >= 0.6 is 23.1 Å². The first-order valence-electron chi connectivity index (χ1n) is 9.51. The van der Waals surface area contributed by atoms with Gasteiger partial charge >= 0.3 is 18.3 Å². The maximum Gasteiger partial charge on any atom is 0.586 e. The number of carbonyl (C=O) groups is 2. The number of thiazole rings is 1. The molecule has 8 nitrogen and oxygen atoms in total. The molecule has 2 amide bonds. The van der Waals surface area contributed by atoms with Crippen LogP contribution in [0.4, 0.5) is 24.4 Å². The zero-order chi connectivity index (χ0) is 22.2. The van der Waals surface area contributed by atoms with Crippen molar-refractivity contribution >= 4 is 45.9 Å². The Morgan fingerprint density at radius 3 is 2.71 bits per heavy atom. The average molecular weight is 472 g/mol. The molecule has 12 heteroatoms. The molecule has 0 saturated heterocycles. The highest BCUT2D eigenvalue weighted by atomic mass is 32.2. The largest absolute Gasteiger partial charge is 0.586 e. The topological polar surface area (TPSA) is 92.2 Å². The predicted molar refractivity (Wildman–Crippen MR) is 112 cm³/mol. The van der Waals surface area contributed by atoms with Gasteiger partial charge in [-0.3, -0.25) is 14.6 Å². The Hall–Kier alpha value is -2.60. The summed E-state index contributed by atoms with van der Waals surface area (Å²) in [7, 11) is 1.58. The summed E-state index contributed by atoms with van der Waals surface area (Å²) in [6.45, 7) is 0. The lowest BCUT2D eigenvalue weighted by Gasteiger charge is -2.32. The molecule has 1 N–H and O–H groups in total. The van der Waals surface area contributed by atoms with E-state index in [4.69, 9.17) is 5.11 Å². The molecule has 4 rings (SSSR count). The van der Waals surface area contributed by atoms with Crippen molar-refractivity contribution in [2.75, 3.05) is 22.6 Å². The highest BCUT2D eigenvalue weighted by Gasteiger charge is 2.44. The van der Waals surface area contributed by atoms with Gasteiger partial charge in [0.1, 0.15) is 0 Å². The molecule has 31 heavy (non-hydrogen) atoms. The van der Waals surface area contributed by atoms with E-state index in [1.54, 1.807) is 18.0 Å². The van der Waals surface area contributed by atoms with Crippen LogP contribution in [0.2, 0.25) is 0 Å². The Morgan fingerprint density at radius 2 is 2.00 bits per heavy atom. The van der Waals surface area contributed by atoms with E-state index in [-0.39, 0.29) is 29.3 Å². The Bertz CT molecular complexity index is 997. The van der Waals surface area contributed by atoms with E-state index in [2.05, 4.69) is 14.5 Å². The summed E-state index contributed by atoms with van der Waals surface area (Å²) < 4.78 is 36.5. The standard InChI is InChI=1S/C19H19F2N3O5S2/c1-23(17-22-9-16(31-17)30-10-15(25)26)18(27)24(11-4-2-3-5-11)12-6-7-13-14(8-12)29-19(20,21)28-13/h6-9,11H,2-5,10H2,1H3,(H,25,26). The first kappa shape index (κ1) is 21.6. The zero-order valence-electron chi connectivity index (χ0n) is 16.4. The first-order chi connectivity index (χ1) is 14.7. The van der Waals surface area contributed by atoms with Crippen molar-refractivity contribution in [3.8, 4) is 11.5 Å². The van der Waals surface area contributed by atoms with Gasteiger partial charge in [-0.15, -0.1) is 20.5 Å². The molecule has 1 aliphatic heterocycles. The van der Waals surface area contributed by atoms with E-state index >= 15 is 0 Å². The molecule has 2 aliphatic rings. The summed E-state index contributed by atoms with van der Waals surface area (Å²) in [5.74, 6) is -1.25. The van der Waals surface area contributed by atoms with Crippen LogP contribution < -0.4 is 19.3 Å².